The first-order valence-corrected chi connectivity index (χ1v) is 9.08. The van der Waals surface area contributed by atoms with Crippen LogP contribution in [0.3, 0.4) is 0 Å². The summed E-state index contributed by atoms with van der Waals surface area (Å²) in [6.45, 7) is 10.6. The van der Waals surface area contributed by atoms with E-state index >= 15 is 0 Å². The Morgan fingerprint density at radius 3 is 2.38 bits per heavy atom. The van der Waals surface area contributed by atoms with Crippen LogP contribution in [0.1, 0.15) is 57.0 Å². The van der Waals surface area contributed by atoms with Gasteiger partial charge in [0.1, 0.15) is 5.60 Å². The second-order valence-corrected chi connectivity index (χ2v) is 6.84. The Balaban J connectivity index is 0.00000139. The molecular weight excluding hydrogens is 326 g/mol. The number of amides is 1. The number of carbonyl (C=O) groups is 2. The Hall–Kier alpha value is -1.82. The van der Waals surface area contributed by atoms with Gasteiger partial charge >= 0.3 is 12.1 Å². The van der Waals surface area contributed by atoms with Crippen molar-refractivity contribution in [1.29, 1.82) is 0 Å². The Morgan fingerprint density at radius 2 is 1.88 bits per heavy atom. The maximum absolute atomic E-state index is 12.0. The Bertz CT molecular complexity index is 598. The fraction of sp³-hybridized carbons (Fsp3) is 0.556. The van der Waals surface area contributed by atoms with Gasteiger partial charge in [-0.3, -0.25) is 0 Å². The number of hydrogen-bond donors (Lipinski definition) is 0. The summed E-state index contributed by atoms with van der Waals surface area (Å²) >= 11 is 1.47. The third-order valence-electron chi connectivity index (χ3n) is 3.27. The van der Waals surface area contributed by atoms with Crippen LogP contribution < -0.4 is 0 Å². The summed E-state index contributed by atoms with van der Waals surface area (Å²) in [7, 11) is 1.38. The minimum atomic E-state index is -0.494. The van der Waals surface area contributed by atoms with Crippen molar-refractivity contribution in [2.75, 3.05) is 20.2 Å². The van der Waals surface area contributed by atoms with Crippen LogP contribution in [0, 0.1) is 0 Å². The maximum atomic E-state index is 12.0. The van der Waals surface area contributed by atoms with Crippen molar-refractivity contribution in [2.45, 2.75) is 46.6 Å². The molecule has 134 valence electrons. The van der Waals surface area contributed by atoms with Crippen molar-refractivity contribution in [1.82, 2.24) is 4.90 Å². The molecule has 0 N–H and O–H groups in total. The van der Waals surface area contributed by atoms with Gasteiger partial charge in [0.2, 0.25) is 0 Å². The van der Waals surface area contributed by atoms with Gasteiger partial charge in [0.05, 0.1) is 12.7 Å². The summed E-state index contributed by atoms with van der Waals surface area (Å²) in [4.78, 5) is 25.4. The number of thiophene rings is 1. The van der Waals surface area contributed by atoms with Crippen molar-refractivity contribution in [2.24, 2.45) is 0 Å². The zero-order chi connectivity index (χ0) is 18.3. The zero-order valence-corrected chi connectivity index (χ0v) is 16.2. The number of esters is 1. The molecule has 0 spiro atoms. The number of ether oxygens (including phenoxy) is 2. The molecule has 0 fully saturated rings. The second-order valence-electron chi connectivity index (χ2n) is 6.10. The molecule has 6 heteroatoms. The third kappa shape index (κ3) is 5.37. The highest BCUT2D eigenvalue weighted by molar-refractivity contribution is 7.08. The molecule has 0 aliphatic carbocycles. The number of rotatable bonds is 2. The van der Waals surface area contributed by atoms with Crippen LogP contribution >= 0.6 is 11.3 Å². The number of nitrogens with zero attached hydrogens (tertiary/aromatic N) is 1. The summed E-state index contributed by atoms with van der Waals surface area (Å²) < 4.78 is 10.2. The molecule has 2 heterocycles. The van der Waals surface area contributed by atoms with Gasteiger partial charge in [0.15, 0.2) is 0 Å². The van der Waals surface area contributed by atoms with E-state index in [0.29, 0.717) is 25.1 Å². The second kappa shape index (κ2) is 8.87. The normalized spacial score (nSPS) is 14.2. The van der Waals surface area contributed by atoms with Gasteiger partial charge in [0, 0.05) is 24.0 Å². The van der Waals surface area contributed by atoms with Gasteiger partial charge in [0.25, 0.3) is 0 Å². The van der Waals surface area contributed by atoms with Gasteiger partial charge in [-0.15, -0.1) is 0 Å². The molecule has 0 atom stereocenters. The van der Waals surface area contributed by atoms with Crippen molar-refractivity contribution in [3.63, 3.8) is 0 Å². The number of methoxy groups -OCH3 is 1. The molecule has 2 rings (SSSR count). The third-order valence-corrected chi connectivity index (χ3v) is 4.02. The Morgan fingerprint density at radius 1 is 1.21 bits per heavy atom. The fourth-order valence-electron chi connectivity index (χ4n) is 2.22. The zero-order valence-electron chi connectivity index (χ0n) is 15.3. The van der Waals surface area contributed by atoms with Gasteiger partial charge in [-0.05, 0) is 38.1 Å². The van der Waals surface area contributed by atoms with E-state index in [9.17, 15) is 9.59 Å². The molecule has 1 amide bonds. The highest BCUT2D eigenvalue weighted by Gasteiger charge is 2.25. The van der Waals surface area contributed by atoms with Crippen LogP contribution in [0.4, 0.5) is 4.79 Å². The van der Waals surface area contributed by atoms with E-state index in [2.05, 4.69) is 0 Å². The molecule has 5 nitrogen and oxygen atoms in total. The van der Waals surface area contributed by atoms with Crippen molar-refractivity contribution in [3.05, 3.63) is 28.0 Å². The first-order valence-electron chi connectivity index (χ1n) is 8.13. The van der Waals surface area contributed by atoms with E-state index in [4.69, 9.17) is 9.47 Å². The number of hydrogen-bond acceptors (Lipinski definition) is 5. The van der Waals surface area contributed by atoms with Crippen molar-refractivity contribution < 1.29 is 19.1 Å². The highest BCUT2D eigenvalue weighted by Crippen LogP contribution is 2.29. The summed E-state index contributed by atoms with van der Waals surface area (Å²) in [5.74, 6) is -0.327. The lowest BCUT2D eigenvalue weighted by molar-refractivity contribution is 0.0270. The smallest absolute Gasteiger partial charge is 0.410 e. The predicted molar refractivity (Wildman–Crippen MR) is 97.4 cm³/mol. The van der Waals surface area contributed by atoms with Gasteiger partial charge in [-0.25, -0.2) is 9.59 Å². The van der Waals surface area contributed by atoms with Crippen LogP contribution in [0.2, 0.25) is 0 Å². The van der Waals surface area contributed by atoms with Crippen LogP contribution in [0.15, 0.2) is 16.8 Å². The van der Waals surface area contributed by atoms with E-state index in [0.717, 1.165) is 11.1 Å². The molecule has 1 aliphatic heterocycles. The standard InChI is InChI=1S/C16H21NO4S.C2H6/c1-16(2,3)21-15(19)17-7-5-11(6-8-17)12-9-22-10-13(12)14(18)20-4;1-2/h5,9-10H,6-8H2,1-4H3;1-2H3. The summed E-state index contributed by atoms with van der Waals surface area (Å²) in [6, 6.07) is 0. The van der Waals surface area contributed by atoms with Crippen molar-refractivity contribution in [3.8, 4) is 0 Å². The minimum absolute atomic E-state index is 0.304. The molecule has 0 unspecified atom stereocenters. The summed E-state index contributed by atoms with van der Waals surface area (Å²) in [5.41, 5.74) is 2.07. The van der Waals surface area contributed by atoms with Gasteiger partial charge in [-0.1, -0.05) is 19.9 Å². The van der Waals surface area contributed by atoms with Crippen molar-refractivity contribution >= 4 is 29.0 Å². The Kier molecular flexibility index (Phi) is 7.48. The lowest BCUT2D eigenvalue weighted by Gasteiger charge is -2.29. The average molecular weight is 353 g/mol. The SMILES string of the molecule is CC.COC(=O)c1cscc1C1=CCN(C(=O)OC(C)(C)C)CC1. The minimum Gasteiger partial charge on any atom is -0.465 e. The van der Waals surface area contributed by atoms with E-state index in [1.165, 1.54) is 18.4 Å². The maximum Gasteiger partial charge on any atom is 0.410 e. The van der Waals surface area contributed by atoms with Crippen LogP contribution in [0.5, 0.6) is 0 Å². The van der Waals surface area contributed by atoms with E-state index in [1.807, 2.05) is 46.1 Å². The lowest BCUT2D eigenvalue weighted by atomic mass is 9.99. The summed E-state index contributed by atoms with van der Waals surface area (Å²) in [5, 5.41) is 3.74. The molecule has 1 aromatic rings. The van der Waals surface area contributed by atoms with Crippen LogP contribution in [-0.4, -0.2) is 42.8 Å². The first kappa shape index (κ1) is 20.2. The lowest BCUT2D eigenvalue weighted by Crippen LogP contribution is -2.39. The van der Waals surface area contributed by atoms with E-state index in [1.54, 1.807) is 10.3 Å². The largest absolute Gasteiger partial charge is 0.465 e. The first-order chi connectivity index (χ1) is 11.3. The van der Waals surface area contributed by atoms with E-state index < -0.39 is 5.60 Å². The molecule has 0 aromatic carbocycles. The Labute approximate surface area is 148 Å². The van der Waals surface area contributed by atoms with Gasteiger partial charge in [-0.2, -0.15) is 11.3 Å². The average Bonchev–Trinajstić information content (AvgIpc) is 3.04. The highest BCUT2D eigenvalue weighted by atomic mass is 32.1. The van der Waals surface area contributed by atoms with E-state index in [-0.39, 0.29) is 12.1 Å². The van der Waals surface area contributed by atoms with Gasteiger partial charge < -0.3 is 14.4 Å². The molecule has 0 saturated carbocycles. The molecule has 24 heavy (non-hydrogen) atoms. The molecular formula is C18H27NO4S. The molecule has 0 saturated heterocycles. The monoisotopic (exact) mass is 353 g/mol. The molecule has 1 aromatic heterocycles. The molecule has 0 bridgehead atoms. The molecule has 0 radical (unpaired) electrons. The van der Waals surface area contributed by atoms with Crippen LogP contribution in [-0.2, 0) is 9.47 Å². The molecule has 1 aliphatic rings. The predicted octanol–water partition coefficient (Wildman–Crippen LogP) is 4.59. The summed E-state index contributed by atoms with van der Waals surface area (Å²) in [6.07, 6.45) is 2.36. The quantitative estimate of drug-likeness (QED) is 0.730. The fourth-order valence-corrected chi connectivity index (χ4v) is 3.06. The van der Waals surface area contributed by atoms with Crippen LogP contribution in [0.25, 0.3) is 5.57 Å². The number of carbonyl (C=O) groups excluding carboxylic acids is 2. The topological polar surface area (TPSA) is 55.8 Å².